The quantitative estimate of drug-likeness (QED) is 0.784. The van der Waals surface area contributed by atoms with E-state index in [1.807, 2.05) is 12.1 Å². The minimum absolute atomic E-state index is 0.492. The van der Waals surface area contributed by atoms with Crippen LogP contribution >= 0.6 is 11.6 Å². The molecule has 1 N–H and O–H groups in total. The van der Waals surface area contributed by atoms with Gasteiger partial charge in [-0.15, -0.1) is 0 Å². The Morgan fingerprint density at radius 2 is 1.84 bits per heavy atom. The van der Waals surface area contributed by atoms with Gasteiger partial charge in [0.15, 0.2) is 0 Å². The zero-order valence-corrected chi connectivity index (χ0v) is 13.4. The van der Waals surface area contributed by atoms with Crippen molar-refractivity contribution in [1.82, 2.24) is 10.2 Å². The van der Waals surface area contributed by atoms with Crippen LogP contribution in [-0.4, -0.2) is 37.1 Å². The Hall–Kier alpha value is -0.570. The van der Waals surface area contributed by atoms with E-state index in [0.29, 0.717) is 12.1 Å². The molecule has 1 aromatic rings. The number of benzene rings is 1. The van der Waals surface area contributed by atoms with Crippen molar-refractivity contribution in [2.45, 2.75) is 45.7 Å². The maximum atomic E-state index is 5.89. The molecule has 0 saturated carbocycles. The summed E-state index contributed by atoms with van der Waals surface area (Å²) in [5.41, 5.74) is 1.33. The summed E-state index contributed by atoms with van der Waals surface area (Å²) >= 11 is 5.89. The summed E-state index contributed by atoms with van der Waals surface area (Å²) in [6.45, 7) is 8.88. The van der Waals surface area contributed by atoms with Gasteiger partial charge in [0, 0.05) is 30.2 Å². The van der Waals surface area contributed by atoms with E-state index < -0.39 is 0 Å². The Labute approximate surface area is 123 Å². The summed E-state index contributed by atoms with van der Waals surface area (Å²) in [5, 5.41) is 4.39. The van der Waals surface area contributed by atoms with Crippen LogP contribution in [0.4, 0.5) is 0 Å². The molecule has 0 bridgehead atoms. The van der Waals surface area contributed by atoms with E-state index in [9.17, 15) is 0 Å². The molecule has 3 heteroatoms. The van der Waals surface area contributed by atoms with Crippen LogP contribution < -0.4 is 5.32 Å². The molecule has 0 radical (unpaired) electrons. The summed E-state index contributed by atoms with van der Waals surface area (Å²) in [4.78, 5) is 2.40. The predicted molar refractivity (Wildman–Crippen MR) is 85.0 cm³/mol. The lowest BCUT2D eigenvalue weighted by molar-refractivity contribution is 0.249. The van der Waals surface area contributed by atoms with E-state index in [2.05, 4.69) is 50.2 Å². The molecule has 2 unspecified atom stereocenters. The minimum atomic E-state index is 0.492. The van der Waals surface area contributed by atoms with Crippen LogP contribution in [0.5, 0.6) is 0 Å². The van der Waals surface area contributed by atoms with Crippen LogP contribution in [0.25, 0.3) is 0 Å². The fraction of sp³-hybridized carbons (Fsp3) is 0.625. The molecule has 19 heavy (non-hydrogen) atoms. The molecule has 0 spiro atoms. The van der Waals surface area contributed by atoms with E-state index in [4.69, 9.17) is 11.6 Å². The van der Waals surface area contributed by atoms with Crippen molar-refractivity contribution in [2.24, 2.45) is 0 Å². The van der Waals surface area contributed by atoms with Crippen molar-refractivity contribution < 1.29 is 0 Å². The van der Waals surface area contributed by atoms with Gasteiger partial charge in [-0.3, -0.25) is 0 Å². The summed E-state index contributed by atoms with van der Waals surface area (Å²) in [5.74, 6) is 0. The first-order valence-corrected chi connectivity index (χ1v) is 7.58. The highest BCUT2D eigenvalue weighted by atomic mass is 35.5. The van der Waals surface area contributed by atoms with Crippen molar-refractivity contribution >= 4 is 11.6 Å². The number of nitrogens with zero attached hydrogens (tertiary/aromatic N) is 1. The maximum Gasteiger partial charge on any atom is 0.0406 e. The number of rotatable bonds is 8. The molecule has 0 fully saturated rings. The largest absolute Gasteiger partial charge is 0.313 e. The molecule has 0 amide bonds. The third kappa shape index (κ3) is 6.42. The monoisotopic (exact) mass is 282 g/mol. The van der Waals surface area contributed by atoms with Crippen LogP contribution in [0.2, 0.25) is 5.02 Å². The second-order valence-electron chi connectivity index (χ2n) is 5.42. The summed E-state index contributed by atoms with van der Waals surface area (Å²) in [6, 6.07) is 9.28. The van der Waals surface area contributed by atoms with Crippen molar-refractivity contribution in [3.63, 3.8) is 0 Å². The van der Waals surface area contributed by atoms with Gasteiger partial charge in [-0.1, -0.05) is 30.7 Å². The number of halogens is 1. The minimum Gasteiger partial charge on any atom is -0.313 e. The molecule has 108 valence electrons. The third-order valence-electron chi connectivity index (χ3n) is 3.76. The molecule has 0 aliphatic rings. The standard InChI is InChI=1S/C16H27ClN2/c1-5-14(3)19(4)11-10-18-13(2)12-15-6-8-16(17)9-7-15/h6-9,13-14,18H,5,10-12H2,1-4H3. The van der Waals surface area contributed by atoms with E-state index in [0.717, 1.165) is 24.5 Å². The van der Waals surface area contributed by atoms with E-state index in [-0.39, 0.29) is 0 Å². The van der Waals surface area contributed by atoms with E-state index in [1.54, 1.807) is 0 Å². The summed E-state index contributed by atoms with van der Waals surface area (Å²) < 4.78 is 0. The SMILES string of the molecule is CCC(C)N(C)CCNC(C)Cc1ccc(Cl)cc1. The number of nitrogens with one attached hydrogen (secondary N) is 1. The smallest absolute Gasteiger partial charge is 0.0406 e. The maximum absolute atomic E-state index is 5.89. The predicted octanol–water partition coefficient (Wildman–Crippen LogP) is 3.59. The molecule has 0 aliphatic carbocycles. The van der Waals surface area contributed by atoms with Gasteiger partial charge in [0.05, 0.1) is 0 Å². The Bertz CT molecular complexity index is 350. The van der Waals surface area contributed by atoms with Crippen LogP contribution in [0, 0.1) is 0 Å². The highest BCUT2D eigenvalue weighted by Crippen LogP contribution is 2.11. The van der Waals surface area contributed by atoms with Crippen LogP contribution in [0.15, 0.2) is 24.3 Å². The second-order valence-corrected chi connectivity index (χ2v) is 5.86. The average Bonchev–Trinajstić information content (AvgIpc) is 2.40. The Morgan fingerprint density at radius 1 is 1.21 bits per heavy atom. The van der Waals surface area contributed by atoms with E-state index >= 15 is 0 Å². The van der Waals surface area contributed by atoms with Gasteiger partial charge in [0.25, 0.3) is 0 Å². The van der Waals surface area contributed by atoms with Crippen LogP contribution in [0.3, 0.4) is 0 Å². The Kier molecular flexibility index (Phi) is 7.44. The van der Waals surface area contributed by atoms with Gasteiger partial charge >= 0.3 is 0 Å². The third-order valence-corrected chi connectivity index (χ3v) is 4.01. The van der Waals surface area contributed by atoms with Crippen molar-refractivity contribution in [3.05, 3.63) is 34.9 Å². The first kappa shape index (κ1) is 16.5. The van der Waals surface area contributed by atoms with Gasteiger partial charge in [0.2, 0.25) is 0 Å². The van der Waals surface area contributed by atoms with Crippen molar-refractivity contribution in [2.75, 3.05) is 20.1 Å². The van der Waals surface area contributed by atoms with Gasteiger partial charge in [-0.2, -0.15) is 0 Å². The molecule has 2 nitrogen and oxygen atoms in total. The van der Waals surface area contributed by atoms with Crippen molar-refractivity contribution in [3.8, 4) is 0 Å². The highest BCUT2D eigenvalue weighted by Gasteiger charge is 2.07. The fourth-order valence-electron chi connectivity index (χ4n) is 2.07. The fourth-order valence-corrected chi connectivity index (χ4v) is 2.19. The van der Waals surface area contributed by atoms with E-state index in [1.165, 1.54) is 12.0 Å². The zero-order valence-electron chi connectivity index (χ0n) is 12.6. The molecule has 2 atom stereocenters. The summed E-state index contributed by atoms with van der Waals surface area (Å²) in [7, 11) is 2.19. The van der Waals surface area contributed by atoms with Crippen LogP contribution in [-0.2, 0) is 6.42 Å². The lowest BCUT2D eigenvalue weighted by Crippen LogP contribution is -2.38. The van der Waals surface area contributed by atoms with Gasteiger partial charge in [0.1, 0.15) is 0 Å². The summed E-state index contributed by atoms with van der Waals surface area (Å²) in [6.07, 6.45) is 2.25. The highest BCUT2D eigenvalue weighted by molar-refractivity contribution is 6.30. The van der Waals surface area contributed by atoms with Gasteiger partial charge < -0.3 is 10.2 Å². The number of likely N-dealkylation sites (N-methyl/N-ethyl adjacent to an activating group) is 1. The lowest BCUT2D eigenvalue weighted by atomic mass is 10.1. The Morgan fingerprint density at radius 3 is 2.42 bits per heavy atom. The molecule has 1 rings (SSSR count). The average molecular weight is 283 g/mol. The second kappa shape index (κ2) is 8.57. The molecule has 0 heterocycles. The molecule has 0 aliphatic heterocycles. The lowest BCUT2D eigenvalue weighted by Gasteiger charge is -2.24. The van der Waals surface area contributed by atoms with Gasteiger partial charge in [-0.25, -0.2) is 0 Å². The number of hydrogen-bond acceptors (Lipinski definition) is 2. The number of hydrogen-bond donors (Lipinski definition) is 1. The van der Waals surface area contributed by atoms with Crippen LogP contribution in [0.1, 0.15) is 32.8 Å². The van der Waals surface area contributed by atoms with Gasteiger partial charge in [-0.05, 0) is 51.4 Å². The Balaban J connectivity index is 2.24. The zero-order chi connectivity index (χ0) is 14.3. The first-order chi connectivity index (χ1) is 9.02. The molecular weight excluding hydrogens is 256 g/mol. The molecule has 0 aromatic heterocycles. The normalized spacial score (nSPS) is 14.6. The van der Waals surface area contributed by atoms with Crippen molar-refractivity contribution in [1.29, 1.82) is 0 Å². The molecule has 1 aromatic carbocycles. The molecular formula is C16H27ClN2. The topological polar surface area (TPSA) is 15.3 Å². The molecule has 0 saturated heterocycles. The first-order valence-electron chi connectivity index (χ1n) is 7.21.